The van der Waals surface area contributed by atoms with Gasteiger partial charge >= 0.3 is 0 Å². The Kier molecular flexibility index (Phi) is 3.25. The van der Waals surface area contributed by atoms with Crippen molar-refractivity contribution in [3.05, 3.63) is 30.3 Å². The molecule has 1 aromatic carbocycles. The van der Waals surface area contributed by atoms with Gasteiger partial charge in [0.05, 0.1) is 5.52 Å². The number of hydrogen-bond acceptors (Lipinski definition) is 4. The minimum Gasteiger partial charge on any atom is -0.399 e. The second-order valence-electron chi connectivity index (χ2n) is 5.39. The molecule has 3 rings (SSSR count). The summed E-state index contributed by atoms with van der Waals surface area (Å²) in [7, 11) is 2.17. The molecular weight excluding hydrogens is 236 g/mol. The lowest BCUT2D eigenvalue weighted by atomic mass is 10.1. The van der Waals surface area contributed by atoms with Gasteiger partial charge in [0, 0.05) is 23.7 Å². The minimum atomic E-state index is 0.498. The van der Waals surface area contributed by atoms with E-state index in [-0.39, 0.29) is 0 Å². The number of nitrogens with two attached hydrogens (primary N) is 1. The number of pyridine rings is 1. The lowest BCUT2D eigenvalue weighted by Crippen LogP contribution is -2.39. The third-order valence-electron chi connectivity index (χ3n) is 3.69. The minimum absolute atomic E-state index is 0.498. The Balaban J connectivity index is 1.79. The van der Waals surface area contributed by atoms with Gasteiger partial charge in [0.1, 0.15) is 5.82 Å². The Morgan fingerprint density at radius 2 is 2.21 bits per heavy atom. The van der Waals surface area contributed by atoms with Crippen LogP contribution < -0.4 is 11.1 Å². The van der Waals surface area contributed by atoms with Crippen molar-refractivity contribution in [3.8, 4) is 0 Å². The largest absolute Gasteiger partial charge is 0.399 e. The Hall–Kier alpha value is -1.81. The standard InChI is InChI=1S/C15H20N4/c1-19-8-2-3-13(10-19)17-15-7-4-11-9-12(16)5-6-14(11)18-15/h4-7,9,13H,2-3,8,10,16H2,1H3,(H,17,18). The highest BCUT2D eigenvalue weighted by Gasteiger charge is 2.17. The van der Waals surface area contributed by atoms with Crippen LogP contribution in [0.15, 0.2) is 30.3 Å². The van der Waals surface area contributed by atoms with E-state index in [2.05, 4.69) is 28.3 Å². The van der Waals surface area contributed by atoms with E-state index in [4.69, 9.17) is 5.73 Å². The molecule has 1 unspecified atom stereocenters. The van der Waals surface area contributed by atoms with Crippen LogP contribution in [0.25, 0.3) is 10.9 Å². The summed E-state index contributed by atoms with van der Waals surface area (Å²) in [6.45, 7) is 2.28. The maximum Gasteiger partial charge on any atom is 0.126 e. The zero-order valence-electron chi connectivity index (χ0n) is 11.3. The summed E-state index contributed by atoms with van der Waals surface area (Å²) in [5.41, 5.74) is 7.55. The van der Waals surface area contributed by atoms with Gasteiger partial charge in [-0.25, -0.2) is 4.98 Å². The average Bonchev–Trinajstić information content (AvgIpc) is 2.39. The van der Waals surface area contributed by atoms with Crippen molar-refractivity contribution in [2.24, 2.45) is 0 Å². The van der Waals surface area contributed by atoms with Crippen molar-refractivity contribution >= 4 is 22.4 Å². The van der Waals surface area contributed by atoms with Gasteiger partial charge in [-0.2, -0.15) is 0 Å². The molecule has 1 aliphatic heterocycles. The predicted octanol–water partition coefficient (Wildman–Crippen LogP) is 2.32. The summed E-state index contributed by atoms with van der Waals surface area (Å²) in [5, 5.41) is 4.62. The first-order chi connectivity index (χ1) is 9.20. The first kappa shape index (κ1) is 12.2. The lowest BCUT2D eigenvalue weighted by Gasteiger charge is -2.30. The van der Waals surface area contributed by atoms with Crippen LogP contribution in [0.1, 0.15) is 12.8 Å². The van der Waals surface area contributed by atoms with Gasteiger partial charge in [0.2, 0.25) is 0 Å². The van der Waals surface area contributed by atoms with Gasteiger partial charge in [0.25, 0.3) is 0 Å². The van der Waals surface area contributed by atoms with E-state index in [9.17, 15) is 0 Å². The third-order valence-corrected chi connectivity index (χ3v) is 3.69. The summed E-state index contributed by atoms with van der Waals surface area (Å²) in [6, 6.07) is 10.4. The zero-order chi connectivity index (χ0) is 13.2. The Labute approximate surface area is 113 Å². The van der Waals surface area contributed by atoms with Crippen molar-refractivity contribution in [2.45, 2.75) is 18.9 Å². The van der Waals surface area contributed by atoms with Crippen LogP contribution in [-0.2, 0) is 0 Å². The Bertz CT molecular complexity index is 581. The van der Waals surface area contributed by atoms with E-state index in [1.807, 2.05) is 24.3 Å². The van der Waals surface area contributed by atoms with Crippen LogP contribution in [0.3, 0.4) is 0 Å². The molecule has 1 saturated heterocycles. The van der Waals surface area contributed by atoms with Crippen LogP contribution in [0, 0.1) is 0 Å². The Morgan fingerprint density at radius 1 is 1.32 bits per heavy atom. The van der Waals surface area contributed by atoms with Gasteiger partial charge in [-0.15, -0.1) is 0 Å². The number of nitrogen functional groups attached to an aromatic ring is 1. The highest BCUT2D eigenvalue weighted by Crippen LogP contribution is 2.19. The fourth-order valence-electron chi connectivity index (χ4n) is 2.72. The molecule has 0 bridgehead atoms. The molecule has 2 aromatic rings. The zero-order valence-corrected chi connectivity index (χ0v) is 11.3. The van der Waals surface area contributed by atoms with E-state index >= 15 is 0 Å². The van der Waals surface area contributed by atoms with Crippen LogP contribution in [-0.4, -0.2) is 36.1 Å². The summed E-state index contributed by atoms with van der Waals surface area (Å²) >= 11 is 0. The highest BCUT2D eigenvalue weighted by molar-refractivity contribution is 5.83. The number of nitrogens with one attached hydrogen (secondary N) is 1. The maximum absolute atomic E-state index is 5.78. The lowest BCUT2D eigenvalue weighted by molar-refractivity contribution is 0.261. The molecule has 19 heavy (non-hydrogen) atoms. The molecule has 0 radical (unpaired) electrons. The van der Waals surface area contributed by atoms with Gasteiger partial charge in [-0.05, 0) is 56.8 Å². The van der Waals surface area contributed by atoms with Crippen molar-refractivity contribution < 1.29 is 0 Å². The number of rotatable bonds is 2. The molecule has 100 valence electrons. The third kappa shape index (κ3) is 2.79. The summed E-state index contributed by atoms with van der Waals surface area (Å²) in [4.78, 5) is 7.01. The van der Waals surface area contributed by atoms with Crippen molar-refractivity contribution in [1.82, 2.24) is 9.88 Å². The number of benzene rings is 1. The average molecular weight is 256 g/mol. The second kappa shape index (κ2) is 5.05. The topological polar surface area (TPSA) is 54.2 Å². The normalized spacial score (nSPS) is 20.6. The van der Waals surface area contributed by atoms with E-state index in [0.29, 0.717) is 6.04 Å². The van der Waals surface area contributed by atoms with Crippen LogP contribution >= 0.6 is 0 Å². The molecule has 4 heteroatoms. The molecule has 3 N–H and O–H groups in total. The summed E-state index contributed by atoms with van der Waals surface area (Å²) in [5.74, 6) is 0.956. The molecule has 0 spiro atoms. The second-order valence-corrected chi connectivity index (χ2v) is 5.39. The maximum atomic E-state index is 5.78. The summed E-state index contributed by atoms with van der Waals surface area (Å²) < 4.78 is 0. The molecule has 4 nitrogen and oxygen atoms in total. The number of anilines is 2. The molecule has 1 fully saturated rings. The number of fused-ring (bicyclic) bond motifs is 1. The van der Waals surface area contributed by atoms with Gasteiger partial charge in [-0.3, -0.25) is 0 Å². The molecule has 0 saturated carbocycles. The summed E-state index contributed by atoms with van der Waals surface area (Å²) in [6.07, 6.45) is 2.46. The molecule has 0 aliphatic carbocycles. The predicted molar refractivity (Wildman–Crippen MR) is 80.3 cm³/mol. The van der Waals surface area contributed by atoms with Gasteiger partial charge < -0.3 is 16.0 Å². The van der Waals surface area contributed by atoms with Gasteiger partial charge in [-0.1, -0.05) is 0 Å². The fourth-order valence-corrected chi connectivity index (χ4v) is 2.72. The SMILES string of the molecule is CN1CCCC(Nc2ccc3cc(N)ccc3n2)C1. The molecular formula is C15H20N4. The van der Waals surface area contributed by atoms with Crippen LogP contribution in [0.5, 0.6) is 0 Å². The van der Waals surface area contributed by atoms with E-state index in [1.165, 1.54) is 19.4 Å². The number of hydrogen-bond donors (Lipinski definition) is 2. The number of nitrogens with zero attached hydrogens (tertiary/aromatic N) is 2. The smallest absolute Gasteiger partial charge is 0.126 e. The van der Waals surface area contributed by atoms with Crippen molar-refractivity contribution in [3.63, 3.8) is 0 Å². The van der Waals surface area contributed by atoms with Crippen LogP contribution in [0.4, 0.5) is 11.5 Å². The molecule has 1 atom stereocenters. The molecule has 1 aromatic heterocycles. The number of piperidine rings is 1. The van der Waals surface area contributed by atoms with E-state index in [1.54, 1.807) is 0 Å². The fraction of sp³-hybridized carbons (Fsp3) is 0.400. The Morgan fingerprint density at radius 3 is 3.05 bits per heavy atom. The number of likely N-dealkylation sites (N-methyl/N-ethyl adjacent to an activating group) is 1. The van der Waals surface area contributed by atoms with E-state index < -0.39 is 0 Å². The number of aromatic nitrogens is 1. The first-order valence-electron chi connectivity index (χ1n) is 6.82. The van der Waals surface area contributed by atoms with Crippen LogP contribution in [0.2, 0.25) is 0 Å². The molecule has 0 amide bonds. The monoisotopic (exact) mass is 256 g/mol. The number of likely N-dealkylation sites (tertiary alicyclic amines) is 1. The molecule has 2 heterocycles. The van der Waals surface area contributed by atoms with Crippen molar-refractivity contribution in [1.29, 1.82) is 0 Å². The quantitative estimate of drug-likeness (QED) is 0.810. The first-order valence-corrected chi connectivity index (χ1v) is 6.82. The van der Waals surface area contributed by atoms with Gasteiger partial charge in [0.15, 0.2) is 0 Å². The molecule has 1 aliphatic rings. The van der Waals surface area contributed by atoms with Crippen molar-refractivity contribution in [2.75, 3.05) is 31.2 Å². The highest BCUT2D eigenvalue weighted by atomic mass is 15.1. The van der Waals surface area contributed by atoms with E-state index in [0.717, 1.165) is 29.0 Å².